The second-order valence-corrected chi connectivity index (χ2v) is 5.39. The molecule has 2 aliphatic carbocycles. The molecular weight excluding hydrogens is 230 g/mol. The Hall–Kier alpha value is -1.58. The standard InChI is InChI=1S/C14H19NO3/c1-9(2)15-13(17)18-8-14(10(3)16)7-11-4-5-12(14)6-11/h4-5,11-12H,1,6-8H2,2-3H3,(H,15,17). The fourth-order valence-corrected chi connectivity index (χ4v) is 3.03. The number of allylic oxidation sites excluding steroid dienone is 3. The molecule has 1 amide bonds. The van der Waals surface area contributed by atoms with Gasteiger partial charge in [0.25, 0.3) is 0 Å². The van der Waals surface area contributed by atoms with E-state index in [2.05, 4.69) is 24.0 Å². The van der Waals surface area contributed by atoms with Gasteiger partial charge in [0, 0.05) is 5.70 Å². The molecule has 2 rings (SSSR count). The molecule has 3 unspecified atom stereocenters. The second kappa shape index (κ2) is 4.59. The summed E-state index contributed by atoms with van der Waals surface area (Å²) in [6.07, 6.45) is 5.53. The van der Waals surface area contributed by atoms with E-state index in [0.717, 1.165) is 12.8 Å². The lowest BCUT2D eigenvalue weighted by Crippen LogP contribution is -2.40. The molecule has 1 saturated carbocycles. The smallest absolute Gasteiger partial charge is 0.411 e. The maximum Gasteiger partial charge on any atom is 0.411 e. The van der Waals surface area contributed by atoms with Crippen LogP contribution in [0.5, 0.6) is 0 Å². The Kier molecular flexibility index (Phi) is 3.28. The number of rotatable bonds is 4. The van der Waals surface area contributed by atoms with Crippen molar-refractivity contribution in [2.75, 3.05) is 6.61 Å². The summed E-state index contributed by atoms with van der Waals surface area (Å²) in [5, 5.41) is 2.48. The summed E-state index contributed by atoms with van der Waals surface area (Å²) in [5.74, 6) is 0.798. The van der Waals surface area contributed by atoms with Crippen molar-refractivity contribution in [2.24, 2.45) is 17.3 Å². The zero-order valence-electron chi connectivity index (χ0n) is 10.9. The Morgan fingerprint density at radius 2 is 2.17 bits per heavy atom. The van der Waals surface area contributed by atoms with Gasteiger partial charge in [-0.25, -0.2) is 4.79 Å². The van der Waals surface area contributed by atoms with Crippen molar-refractivity contribution >= 4 is 11.9 Å². The highest BCUT2D eigenvalue weighted by Gasteiger charge is 2.52. The summed E-state index contributed by atoms with van der Waals surface area (Å²) in [4.78, 5) is 23.4. The molecule has 18 heavy (non-hydrogen) atoms. The van der Waals surface area contributed by atoms with E-state index >= 15 is 0 Å². The predicted molar refractivity (Wildman–Crippen MR) is 67.8 cm³/mol. The highest BCUT2D eigenvalue weighted by atomic mass is 16.5. The van der Waals surface area contributed by atoms with Gasteiger partial charge >= 0.3 is 6.09 Å². The van der Waals surface area contributed by atoms with Crippen LogP contribution in [0.3, 0.4) is 0 Å². The molecular formula is C14H19NO3. The number of hydrogen-bond acceptors (Lipinski definition) is 3. The van der Waals surface area contributed by atoms with Crippen LogP contribution in [0, 0.1) is 17.3 Å². The number of ketones is 1. The quantitative estimate of drug-likeness (QED) is 0.778. The molecule has 0 aromatic rings. The van der Waals surface area contributed by atoms with E-state index in [1.807, 2.05) is 0 Å². The Balaban J connectivity index is 2.01. The van der Waals surface area contributed by atoms with Crippen molar-refractivity contribution < 1.29 is 14.3 Å². The van der Waals surface area contributed by atoms with E-state index in [-0.39, 0.29) is 18.3 Å². The molecule has 4 heteroatoms. The maximum absolute atomic E-state index is 11.9. The minimum absolute atomic E-state index is 0.113. The predicted octanol–water partition coefficient (Wildman–Crippen LogP) is 2.42. The number of alkyl carbamates (subject to hydrolysis) is 1. The Labute approximate surface area is 107 Å². The molecule has 2 aliphatic rings. The van der Waals surface area contributed by atoms with Gasteiger partial charge in [0.2, 0.25) is 0 Å². The van der Waals surface area contributed by atoms with Gasteiger partial charge in [-0.3, -0.25) is 10.1 Å². The summed E-state index contributed by atoms with van der Waals surface area (Å²) < 4.78 is 5.19. The number of carbonyl (C=O) groups excluding carboxylic acids is 2. The normalized spacial score (nSPS) is 32.3. The van der Waals surface area contributed by atoms with Crippen LogP contribution >= 0.6 is 0 Å². The van der Waals surface area contributed by atoms with E-state index in [0.29, 0.717) is 11.6 Å². The van der Waals surface area contributed by atoms with Crippen molar-refractivity contribution in [3.8, 4) is 0 Å². The molecule has 0 aliphatic heterocycles. The van der Waals surface area contributed by atoms with Crippen LogP contribution in [0.25, 0.3) is 0 Å². The lowest BCUT2D eigenvalue weighted by molar-refractivity contribution is -0.130. The lowest BCUT2D eigenvalue weighted by Gasteiger charge is -2.32. The van der Waals surface area contributed by atoms with E-state index in [1.54, 1.807) is 13.8 Å². The van der Waals surface area contributed by atoms with Crippen molar-refractivity contribution in [1.29, 1.82) is 0 Å². The molecule has 0 heterocycles. The molecule has 0 aromatic heterocycles. The summed E-state index contributed by atoms with van der Waals surface area (Å²) in [6.45, 7) is 7.01. The Bertz CT molecular complexity index is 427. The first-order valence-corrected chi connectivity index (χ1v) is 6.23. The van der Waals surface area contributed by atoms with Gasteiger partial charge in [-0.1, -0.05) is 18.7 Å². The average molecular weight is 249 g/mol. The summed E-state index contributed by atoms with van der Waals surface area (Å²) in [6, 6.07) is 0. The first-order valence-electron chi connectivity index (χ1n) is 6.23. The van der Waals surface area contributed by atoms with E-state index in [9.17, 15) is 9.59 Å². The van der Waals surface area contributed by atoms with Crippen molar-refractivity contribution in [3.05, 3.63) is 24.4 Å². The van der Waals surface area contributed by atoms with Gasteiger partial charge in [0.1, 0.15) is 12.4 Å². The van der Waals surface area contributed by atoms with Crippen LogP contribution < -0.4 is 5.32 Å². The van der Waals surface area contributed by atoms with Gasteiger partial charge < -0.3 is 4.74 Å². The lowest BCUT2D eigenvalue weighted by atomic mass is 9.73. The first kappa shape index (κ1) is 12.9. The number of ether oxygens (including phenoxy) is 1. The van der Waals surface area contributed by atoms with E-state index < -0.39 is 11.5 Å². The number of fused-ring (bicyclic) bond motifs is 2. The second-order valence-electron chi connectivity index (χ2n) is 5.39. The van der Waals surface area contributed by atoms with Crippen molar-refractivity contribution in [1.82, 2.24) is 5.32 Å². The van der Waals surface area contributed by atoms with Gasteiger partial charge in [-0.05, 0) is 38.5 Å². The van der Waals surface area contributed by atoms with Gasteiger partial charge in [0.15, 0.2) is 0 Å². The zero-order chi connectivity index (χ0) is 13.3. The fourth-order valence-electron chi connectivity index (χ4n) is 3.03. The highest BCUT2D eigenvalue weighted by molar-refractivity contribution is 5.84. The number of amides is 1. The first-order chi connectivity index (χ1) is 8.44. The molecule has 4 nitrogen and oxygen atoms in total. The van der Waals surface area contributed by atoms with Crippen LogP contribution in [-0.2, 0) is 9.53 Å². The molecule has 3 atom stereocenters. The maximum atomic E-state index is 11.9. The third-order valence-electron chi connectivity index (χ3n) is 3.99. The summed E-state index contributed by atoms with van der Waals surface area (Å²) in [5.41, 5.74) is 0.0240. The highest BCUT2D eigenvalue weighted by Crippen LogP contribution is 2.52. The number of carbonyl (C=O) groups is 2. The SMILES string of the molecule is C=C(C)NC(=O)OCC1(C(C)=O)CC2C=CC1C2. The molecule has 0 aromatic carbocycles. The minimum Gasteiger partial charge on any atom is -0.448 e. The van der Waals surface area contributed by atoms with E-state index in [1.165, 1.54) is 0 Å². The molecule has 98 valence electrons. The van der Waals surface area contributed by atoms with Gasteiger partial charge in [-0.15, -0.1) is 0 Å². The topological polar surface area (TPSA) is 55.4 Å². The number of hydrogen-bond donors (Lipinski definition) is 1. The van der Waals surface area contributed by atoms with Crippen LogP contribution in [0.2, 0.25) is 0 Å². The average Bonchev–Trinajstić information content (AvgIpc) is 2.85. The molecule has 0 radical (unpaired) electrons. The summed E-state index contributed by atoms with van der Waals surface area (Å²) in [7, 11) is 0. The van der Waals surface area contributed by atoms with Crippen LogP contribution in [0.15, 0.2) is 24.4 Å². The van der Waals surface area contributed by atoms with Crippen molar-refractivity contribution in [2.45, 2.75) is 26.7 Å². The molecule has 1 N–H and O–H groups in total. The van der Waals surface area contributed by atoms with Gasteiger partial charge in [0.05, 0.1) is 5.41 Å². The number of nitrogens with one attached hydrogen (secondary N) is 1. The van der Waals surface area contributed by atoms with Crippen LogP contribution in [-0.4, -0.2) is 18.5 Å². The van der Waals surface area contributed by atoms with Crippen molar-refractivity contribution in [3.63, 3.8) is 0 Å². The summed E-state index contributed by atoms with van der Waals surface area (Å²) >= 11 is 0. The largest absolute Gasteiger partial charge is 0.448 e. The Morgan fingerprint density at radius 3 is 2.61 bits per heavy atom. The monoisotopic (exact) mass is 249 g/mol. The molecule has 2 bridgehead atoms. The van der Waals surface area contributed by atoms with Crippen LogP contribution in [0.4, 0.5) is 4.79 Å². The fraction of sp³-hybridized carbons (Fsp3) is 0.571. The molecule has 0 spiro atoms. The third-order valence-corrected chi connectivity index (χ3v) is 3.99. The van der Waals surface area contributed by atoms with E-state index in [4.69, 9.17) is 4.74 Å². The van der Waals surface area contributed by atoms with Crippen LogP contribution in [0.1, 0.15) is 26.7 Å². The minimum atomic E-state index is -0.533. The Morgan fingerprint density at radius 1 is 1.44 bits per heavy atom. The van der Waals surface area contributed by atoms with Gasteiger partial charge in [-0.2, -0.15) is 0 Å². The molecule has 0 saturated heterocycles. The molecule has 1 fully saturated rings. The number of Topliss-reactive ketones (excluding diaryl/α,β-unsaturated/α-hetero) is 1. The third kappa shape index (κ3) is 2.19. The zero-order valence-corrected chi connectivity index (χ0v) is 10.9.